The predicted octanol–water partition coefficient (Wildman–Crippen LogP) is 1.69. The number of amides is 1. The summed E-state index contributed by atoms with van der Waals surface area (Å²) < 4.78 is 11.2. The van der Waals surface area contributed by atoms with Gasteiger partial charge < -0.3 is 19.5 Å². The molecular formula is C17H21NO5. The van der Waals surface area contributed by atoms with Crippen LogP contribution in [0.15, 0.2) is 30.3 Å². The van der Waals surface area contributed by atoms with Crippen LogP contribution < -0.4 is 4.74 Å². The Morgan fingerprint density at radius 2 is 1.91 bits per heavy atom. The largest absolute Gasteiger partial charge is 0.478 e. The van der Waals surface area contributed by atoms with E-state index in [1.165, 1.54) is 0 Å². The van der Waals surface area contributed by atoms with Crippen LogP contribution in [0.2, 0.25) is 0 Å². The van der Waals surface area contributed by atoms with E-state index in [2.05, 4.69) is 0 Å². The average Bonchev–Trinajstić information content (AvgIpc) is 3.10. The number of nitrogens with zero attached hydrogens (tertiary/aromatic N) is 1. The molecule has 0 aromatic heterocycles. The van der Waals surface area contributed by atoms with Crippen molar-refractivity contribution in [1.82, 2.24) is 4.90 Å². The number of aliphatic carboxylic acids is 1. The summed E-state index contributed by atoms with van der Waals surface area (Å²) in [6, 6.07) is 8.95. The molecule has 0 radical (unpaired) electrons. The number of piperidine rings is 1. The summed E-state index contributed by atoms with van der Waals surface area (Å²) in [7, 11) is 0. The average molecular weight is 319 g/mol. The number of carboxylic acid groups (broad SMARTS) is 1. The van der Waals surface area contributed by atoms with Crippen molar-refractivity contribution in [3.63, 3.8) is 0 Å². The van der Waals surface area contributed by atoms with Crippen molar-refractivity contribution < 1.29 is 24.2 Å². The fourth-order valence-corrected chi connectivity index (χ4v) is 3.14. The van der Waals surface area contributed by atoms with Crippen LogP contribution in [0, 0.1) is 0 Å². The number of carbonyl (C=O) groups is 2. The summed E-state index contributed by atoms with van der Waals surface area (Å²) in [6.45, 7) is 1.37. The van der Waals surface area contributed by atoms with Gasteiger partial charge in [-0.2, -0.15) is 0 Å². The molecule has 1 amide bonds. The molecule has 1 aromatic carbocycles. The molecule has 124 valence electrons. The maximum absolute atomic E-state index is 12.4. The van der Waals surface area contributed by atoms with E-state index < -0.39 is 11.6 Å². The first-order valence-corrected chi connectivity index (χ1v) is 7.99. The van der Waals surface area contributed by atoms with Crippen molar-refractivity contribution in [3.05, 3.63) is 30.3 Å². The molecule has 6 heteroatoms. The Balaban J connectivity index is 1.66. The van der Waals surface area contributed by atoms with Gasteiger partial charge in [-0.05, 0) is 25.0 Å². The van der Waals surface area contributed by atoms with Gasteiger partial charge in [0.05, 0.1) is 0 Å². The highest BCUT2D eigenvalue weighted by molar-refractivity contribution is 5.82. The maximum Gasteiger partial charge on any atom is 0.348 e. The minimum atomic E-state index is -1.27. The number of ether oxygens (including phenoxy) is 2. The summed E-state index contributed by atoms with van der Waals surface area (Å²) in [5.41, 5.74) is -1.27. The van der Waals surface area contributed by atoms with E-state index >= 15 is 0 Å². The van der Waals surface area contributed by atoms with Gasteiger partial charge >= 0.3 is 5.97 Å². The Labute approximate surface area is 135 Å². The van der Waals surface area contributed by atoms with Crippen molar-refractivity contribution in [2.75, 3.05) is 19.7 Å². The Kier molecular flexibility index (Phi) is 4.52. The molecule has 0 saturated carbocycles. The monoisotopic (exact) mass is 319 g/mol. The normalized spacial score (nSPS) is 23.5. The topological polar surface area (TPSA) is 76.1 Å². The van der Waals surface area contributed by atoms with Gasteiger partial charge in [0, 0.05) is 32.5 Å². The molecule has 1 unspecified atom stereocenters. The van der Waals surface area contributed by atoms with Crippen molar-refractivity contribution in [1.29, 1.82) is 0 Å². The van der Waals surface area contributed by atoms with E-state index in [4.69, 9.17) is 9.47 Å². The molecule has 0 aliphatic carbocycles. The van der Waals surface area contributed by atoms with Crippen LogP contribution in [-0.4, -0.2) is 53.3 Å². The van der Waals surface area contributed by atoms with Gasteiger partial charge in [0.1, 0.15) is 11.9 Å². The van der Waals surface area contributed by atoms with Crippen LogP contribution in [0.25, 0.3) is 0 Å². The highest BCUT2D eigenvalue weighted by Gasteiger charge is 2.45. The molecule has 1 aromatic rings. The number of hydrogen-bond acceptors (Lipinski definition) is 4. The van der Waals surface area contributed by atoms with Crippen LogP contribution in [-0.2, 0) is 14.3 Å². The number of rotatable bonds is 4. The van der Waals surface area contributed by atoms with Gasteiger partial charge in [0.2, 0.25) is 5.60 Å². The Morgan fingerprint density at radius 3 is 2.48 bits per heavy atom. The standard InChI is InChI=1S/C17H21NO5/c19-15(14-7-4-12-22-14)18-10-8-17(9-11-18,16(20)21)23-13-5-2-1-3-6-13/h1-3,5-6,14H,4,7-12H2,(H,20,21). The zero-order valence-corrected chi connectivity index (χ0v) is 12.9. The van der Waals surface area contributed by atoms with Crippen molar-refractivity contribution in [3.8, 4) is 5.75 Å². The fourth-order valence-electron chi connectivity index (χ4n) is 3.14. The van der Waals surface area contributed by atoms with Crippen molar-refractivity contribution in [2.24, 2.45) is 0 Å². The molecule has 6 nitrogen and oxygen atoms in total. The van der Waals surface area contributed by atoms with Crippen molar-refractivity contribution >= 4 is 11.9 Å². The first kappa shape index (κ1) is 15.8. The fraction of sp³-hybridized carbons (Fsp3) is 0.529. The molecule has 0 bridgehead atoms. The van der Waals surface area contributed by atoms with E-state index in [0.717, 1.165) is 12.8 Å². The van der Waals surface area contributed by atoms with Gasteiger partial charge in [-0.3, -0.25) is 4.79 Å². The molecular weight excluding hydrogens is 298 g/mol. The Bertz CT molecular complexity index is 560. The highest BCUT2D eigenvalue weighted by atomic mass is 16.5. The van der Waals surface area contributed by atoms with Gasteiger partial charge in [-0.25, -0.2) is 4.79 Å². The molecule has 1 N–H and O–H groups in total. The molecule has 2 aliphatic heterocycles. The lowest BCUT2D eigenvalue weighted by Crippen LogP contribution is -2.55. The number of para-hydroxylation sites is 1. The van der Waals surface area contributed by atoms with E-state index in [-0.39, 0.29) is 24.9 Å². The first-order valence-electron chi connectivity index (χ1n) is 7.99. The Hall–Kier alpha value is -2.08. The smallest absolute Gasteiger partial charge is 0.348 e. The van der Waals surface area contributed by atoms with Crippen LogP contribution in [0.5, 0.6) is 5.75 Å². The molecule has 3 rings (SSSR count). The minimum absolute atomic E-state index is 0.0267. The number of carbonyl (C=O) groups excluding carboxylic acids is 1. The molecule has 0 spiro atoms. The van der Waals surface area contributed by atoms with Crippen LogP contribution in [0.1, 0.15) is 25.7 Å². The zero-order valence-electron chi connectivity index (χ0n) is 12.9. The molecule has 23 heavy (non-hydrogen) atoms. The zero-order chi connectivity index (χ0) is 16.3. The summed E-state index contributed by atoms with van der Waals surface area (Å²) in [5.74, 6) is -0.472. The Morgan fingerprint density at radius 1 is 1.22 bits per heavy atom. The highest BCUT2D eigenvalue weighted by Crippen LogP contribution is 2.30. The van der Waals surface area contributed by atoms with Gasteiger partial charge in [-0.1, -0.05) is 18.2 Å². The molecule has 2 heterocycles. The number of hydrogen-bond donors (Lipinski definition) is 1. The molecule has 2 aliphatic rings. The van der Waals surface area contributed by atoms with Crippen LogP contribution in [0.4, 0.5) is 0 Å². The van der Waals surface area contributed by atoms with Crippen LogP contribution >= 0.6 is 0 Å². The predicted molar refractivity (Wildman–Crippen MR) is 82.2 cm³/mol. The molecule has 1 atom stereocenters. The molecule has 2 saturated heterocycles. The van der Waals surface area contributed by atoms with E-state index in [0.29, 0.717) is 25.4 Å². The first-order chi connectivity index (χ1) is 11.1. The third-order valence-electron chi connectivity index (χ3n) is 4.53. The third kappa shape index (κ3) is 3.32. The van der Waals surface area contributed by atoms with Gasteiger partial charge in [0.15, 0.2) is 0 Å². The van der Waals surface area contributed by atoms with Crippen LogP contribution in [0.3, 0.4) is 0 Å². The number of carboxylic acids is 1. The summed E-state index contributed by atoms with van der Waals surface area (Å²) in [6.07, 6.45) is 1.84. The lowest BCUT2D eigenvalue weighted by atomic mass is 9.90. The van der Waals surface area contributed by atoms with Crippen molar-refractivity contribution in [2.45, 2.75) is 37.4 Å². The minimum Gasteiger partial charge on any atom is -0.478 e. The number of likely N-dealkylation sites (tertiary alicyclic amines) is 1. The quantitative estimate of drug-likeness (QED) is 0.914. The second-order valence-corrected chi connectivity index (χ2v) is 6.04. The third-order valence-corrected chi connectivity index (χ3v) is 4.53. The van der Waals surface area contributed by atoms with Gasteiger partial charge in [0.25, 0.3) is 5.91 Å². The second-order valence-electron chi connectivity index (χ2n) is 6.04. The number of benzene rings is 1. The summed E-state index contributed by atoms with van der Waals surface area (Å²) in [4.78, 5) is 25.8. The second kappa shape index (κ2) is 6.58. The van der Waals surface area contributed by atoms with E-state index in [9.17, 15) is 14.7 Å². The SMILES string of the molecule is O=C(C1CCCO1)N1CCC(Oc2ccccc2)(C(=O)O)CC1. The summed E-state index contributed by atoms with van der Waals surface area (Å²) >= 11 is 0. The van der Waals surface area contributed by atoms with Gasteiger partial charge in [-0.15, -0.1) is 0 Å². The molecule has 2 fully saturated rings. The van der Waals surface area contributed by atoms with E-state index in [1.807, 2.05) is 6.07 Å². The lowest BCUT2D eigenvalue weighted by Gasteiger charge is -2.39. The maximum atomic E-state index is 12.4. The lowest BCUT2D eigenvalue weighted by molar-refractivity contribution is -0.163. The summed E-state index contributed by atoms with van der Waals surface area (Å²) in [5, 5.41) is 9.63. The van der Waals surface area contributed by atoms with E-state index in [1.54, 1.807) is 29.2 Å².